The van der Waals surface area contributed by atoms with Crippen molar-refractivity contribution in [2.24, 2.45) is 5.73 Å². The summed E-state index contributed by atoms with van der Waals surface area (Å²) >= 11 is 6.02. The maximum Gasteiger partial charge on any atom is 0.248 e. The molecule has 1 aromatic heterocycles. The number of hydrogen-bond acceptors (Lipinski definition) is 5. The number of aromatic nitrogens is 1. The maximum absolute atomic E-state index is 12.2. The van der Waals surface area contributed by atoms with E-state index in [1.165, 1.54) is 0 Å². The Labute approximate surface area is 179 Å². The predicted octanol–water partition coefficient (Wildman–Crippen LogP) is 3.79. The van der Waals surface area contributed by atoms with Crippen LogP contribution in [0.15, 0.2) is 46.9 Å². The van der Waals surface area contributed by atoms with Crippen LogP contribution in [0.5, 0.6) is 0 Å². The number of rotatable bonds is 6. The summed E-state index contributed by atoms with van der Waals surface area (Å²) in [5, 5.41) is 3.50. The van der Waals surface area contributed by atoms with Gasteiger partial charge in [0, 0.05) is 35.2 Å². The molecule has 2 heterocycles. The number of piperidine rings is 1. The number of amides is 2. The standard InChI is InChI=1S/C22H23ClN4O3/c23-16-3-6-19-18(13-16)26-22(30-19)15-7-10-27(11-8-15)12-9-20(28)25-17-4-1-14(2-5-17)21(24)29/h1-6,13,15H,7-12H2,(H2,24,29)(H,25,28). The summed E-state index contributed by atoms with van der Waals surface area (Å²) in [7, 11) is 0. The van der Waals surface area contributed by atoms with Gasteiger partial charge in [-0.1, -0.05) is 11.6 Å². The zero-order chi connectivity index (χ0) is 21.1. The highest BCUT2D eigenvalue weighted by Crippen LogP contribution is 2.30. The molecule has 0 atom stereocenters. The zero-order valence-corrected chi connectivity index (χ0v) is 17.2. The third-order valence-corrected chi connectivity index (χ3v) is 5.65. The maximum atomic E-state index is 12.2. The van der Waals surface area contributed by atoms with Gasteiger partial charge in [-0.2, -0.15) is 0 Å². The summed E-state index contributed by atoms with van der Waals surface area (Å²) < 4.78 is 5.90. The average molecular weight is 427 g/mol. The summed E-state index contributed by atoms with van der Waals surface area (Å²) in [4.78, 5) is 30.2. The largest absolute Gasteiger partial charge is 0.440 e. The van der Waals surface area contributed by atoms with Crippen molar-refractivity contribution in [3.63, 3.8) is 0 Å². The van der Waals surface area contributed by atoms with Crippen molar-refractivity contribution in [1.82, 2.24) is 9.88 Å². The highest BCUT2D eigenvalue weighted by molar-refractivity contribution is 6.31. The number of oxazole rings is 1. The Bertz CT molecular complexity index is 1060. The molecule has 7 nitrogen and oxygen atoms in total. The second-order valence-corrected chi connectivity index (χ2v) is 7.96. The first-order valence-electron chi connectivity index (χ1n) is 9.96. The molecule has 0 aliphatic carbocycles. The van der Waals surface area contributed by atoms with Crippen molar-refractivity contribution in [3.8, 4) is 0 Å². The molecular weight excluding hydrogens is 404 g/mol. The number of likely N-dealkylation sites (tertiary alicyclic amines) is 1. The molecule has 2 amide bonds. The minimum absolute atomic E-state index is 0.0558. The summed E-state index contributed by atoms with van der Waals surface area (Å²) in [5.41, 5.74) is 7.84. The fourth-order valence-electron chi connectivity index (χ4n) is 3.70. The Morgan fingerprint density at radius 1 is 1.17 bits per heavy atom. The Balaban J connectivity index is 1.24. The van der Waals surface area contributed by atoms with Crippen molar-refractivity contribution >= 4 is 40.2 Å². The molecular formula is C22H23ClN4O3. The fraction of sp³-hybridized carbons (Fsp3) is 0.318. The Morgan fingerprint density at radius 3 is 2.60 bits per heavy atom. The third-order valence-electron chi connectivity index (χ3n) is 5.41. The van der Waals surface area contributed by atoms with E-state index in [9.17, 15) is 9.59 Å². The van der Waals surface area contributed by atoms with Gasteiger partial charge in [0.1, 0.15) is 5.52 Å². The van der Waals surface area contributed by atoms with Crippen LogP contribution in [-0.2, 0) is 4.79 Å². The van der Waals surface area contributed by atoms with Crippen molar-refractivity contribution in [2.75, 3.05) is 25.0 Å². The van der Waals surface area contributed by atoms with Crippen LogP contribution < -0.4 is 11.1 Å². The van der Waals surface area contributed by atoms with E-state index in [0.29, 0.717) is 29.2 Å². The number of halogens is 1. The molecule has 156 valence electrons. The molecule has 30 heavy (non-hydrogen) atoms. The zero-order valence-electron chi connectivity index (χ0n) is 16.4. The summed E-state index contributed by atoms with van der Waals surface area (Å²) in [5.74, 6) is 0.506. The lowest BCUT2D eigenvalue weighted by Crippen LogP contribution is -2.35. The van der Waals surface area contributed by atoms with Crippen molar-refractivity contribution in [1.29, 1.82) is 0 Å². The highest BCUT2D eigenvalue weighted by Gasteiger charge is 2.25. The van der Waals surface area contributed by atoms with Crippen LogP contribution in [-0.4, -0.2) is 41.3 Å². The van der Waals surface area contributed by atoms with Crippen LogP contribution in [0.1, 0.15) is 41.4 Å². The van der Waals surface area contributed by atoms with Crippen LogP contribution in [0.2, 0.25) is 5.02 Å². The topological polar surface area (TPSA) is 101 Å². The van der Waals surface area contributed by atoms with E-state index in [4.69, 9.17) is 21.8 Å². The molecule has 0 unspecified atom stereocenters. The Morgan fingerprint density at radius 2 is 1.90 bits per heavy atom. The van der Waals surface area contributed by atoms with Gasteiger partial charge in [-0.05, 0) is 68.4 Å². The van der Waals surface area contributed by atoms with Crippen molar-refractivity contribution in [3.05, 3.63) is 58.9 Å². The van der Waals surface area contributed by atoms with E-state index >= 15 is 0 Å². The minimum Gasteiger partial charge on any atom is -0.440 e. The van der Waals surface area contributed by atoms with E-state index in [0.717, 1.165) is 42.9 Å². The number of anilines is 1. The number of primary amides is 1. The van der Waals surface area contributed by atoms with Crippen LogP contribution in [0.25, 0.3) is 11.1 Å². The number of nitrogens with one attached hydrogen (secondary N) is 1. The van der Waals surface area contributed by atoms with E-state index < -0.39 is 5.91 Å². The van der Waals surface area contributed by atoms with Gasteiger partial charge < -0.3 is 20.4 Å². The number of hydrogen-bond donors (Lipinski definition) is 2. The molecule has 0 saturated carbocycles. The number of carbonyl (C=O) groups is 2. The number of benzene rings is 2. The van der Waals surface area contributed by atoms with Gasteiger partial charge in [0.2, 0.25) is 11.8 Å². The summed E-state index contributed by atoms with van der Waals surface area (Å²) in [6, 6.07) is 12.0. The van der Waals surface area contributed by atoms with Gasteiger partial charge in [-0.15, -0.1) is 0 Å². The molecule has 0 radical (unpaired) electrons. The molecule has 1 aliphatic rings. The van der Waals surface area contributed by atoms with Crippen molar-refractivity contribution in [2.45, 2.75) is 25.2 Å². The van der Waals surface area contributed by atoms with Crippen molar-refractivity contribution < 1.29 is 14.0 Å². The third kappa shape index (κ3) is 4.80. The summed E-state index contributed by atoms with van der Waals surface area (Å²) in [6.45, 7) is 2.48. The Kier molecular flexibility index (Phi) is 6.01. The van der Waals surface area contributed by atoms with Gasteiger partial charge in [0.25, 0.3) is 0 Å². The lowest BCUT2D eigenvalue weighted by Gasteiger charge is -2.30. The molecule has 1 fully saturated rings. The summed E-state index contributed by atoms with van der Waals surface area (Å²) in [6.07, 6.45) is 2.29. The molecule has 3 N–H and O–H groups in total. The van der Waals surface area contributed by atoms with Gasteiger partial charge >= 0.3 is 0 Å². The van der Waals surface area contributed by atoms with Gasteiger partial charge in [0.05, 0.1) is 0 Å². The molecule has 0 spiro atoms. The van der Waals surface area contributed by atoms with Crippen LogP contribution in [0.4, 0.5) is 5.69 Å². The predicted molar refractivity (Wildman–Crippen MR) is 116 cm³/mol. The van der Waals surface area contributed by atoms with Crippen LogP contribution in [0.3, 0.4) is 0 Å². The van der Waals surface area contributed by atoms with Gasteiger partial charge in [-0.25, -0.2) is 4.98 Å². The number of nitrogens with two attached hydrogens (primary N) is 1. The van der Waals surface area contributed by atoms with Crippen LogP contribution in [0, 0.1) is 0 Å². The molecule has 8 heteroatoms. The fourth-order valence-corrected chi connectivity index (χ4v) is 3.86. The molecule has 4 rings (SSSR count). The second kappa shape index (κ2) is 8.85. The first kappa shape index (κ1) is 20.4. The van der Waals surface area contributed by atoms with E-state index in [1.54, 1.807) is 30.3 Å². The second-order valence-electron chi connectivity index (χ2n) is 7.52. The molecule has 0 bridgehead atoms. The SMILES string of the molecule is NC(=O)c1ccc(NC(=O)CCN2CCC(c3nc4cc(Cl)ccc4o3)CC2)cc1. The number of nitrogens with zero attached hydrogens (tertiary/aromatic N) is 2. The average Bonchev–Trinajstić information content (AvgIpc) is 3.16. The van der Waals surface area contributed by atoms with Gasteiger partial charge in [0.15, 0.2) is 11.5 Å². The number of fused-ring (bicyclic) bond motifs is 1. The smallest absolute Gasteiger partial charge is 0.248 e. The monoisotopic (exact) mass is 426 g/mol. The van der Waals surface area contributed by atoms with E-state index in [1.807, 2.05) is 12.1 Å². The molecule has 1 aliphatic heterocycles. The molecule has 2 aromatic carbocycles. The first-order valence-corrected chi connectivity index (χ1v) is 10.3. The lowest BCUT2D eigenvalue weighted by molar-refractivity contribution is -0.116. The quantitative estimate of drug-likeness (QED) is 0.624. The highest BCUT2D eigenvalue weighted by atomic mass is 35.5. The normalized spacial score (nSPS) is 15.4. The van der Waals surface area contributed by atoms with Gasteiger partial charge in [-0.3, -0.25) is 9.59 Å². The molecule has 3 aromatic rings. The van der Waals surface area contributed by atoms with E-state index in [2.05, 4.69) is 15.2 Å². The van der Waals surface area contributed by atoms with Crippen LogP contribution >= 0.6 is 11.6 Å². The molecule has 1 saturated heterocycles. The lowest BCUT2D eigenvalue weighted by atomic mass is 9.96. The first-order chi connectivity index (χ1) is 14.5. The Hall–Kier alpha value is -2.90. The minimum atomic E-state index is -0.488. The van der Waals surface area contributed by atoms with E-state index in [-0.39, 0.29) is 11.8 Å². The number of carbonyl (C=O) groups excluding carboxylic acids is 2.